The van der Waals surface area contributed by atoms with Crippen LogP contribution in [-0.2, 0) is 6.42 Å². The minimum absolute atomic E-state index is 0.0734. The van der Waals surface area contributed by atoms with Crippen LogP contribution in [0, 0.1) is 0 Å². The van der Waals surface area contributed by atoms with E-state index in [0.29, 0.717) is 50.4 Å². The summed E-state index contributed by atoms with van der Waals surface area (Å²) in [5.41, 5.74) is 4.76. The van der Waals surface area contributed by atoms with Crippen molar-refractivity contribution in [3.05, 3.63) is 180 Å². The number of azo groups is 2. The average Bonchev–Trinajstić information content (AvgIpc) is 3.70. The average molecular weight is 773 g/mol. The quantitative estimate of drug-likeness (QED) is 0.0925. The molecule has 0 fully saturated rings. The summed E-state index contributed by atoms with van der Waals surface area (Å²) in [6.45, 7) is 0. The lowest BCUT2D eigenvalue weighted by molar-refractivity contribution is 0.0988. The SMILES string of the molecule is O=C(Cc1ccccc1)c1cc2ccccc2c(N=Nc2ccc3nc(-c4ccc(N=Nc5c(O)c(C(=O)Nc6ccccc6)cc6ccccc56)cc4)oc3c2)c1O. The van der Waals surface area contributed by atoms with E-state index < -0.39 is 5.91 Å². The Morgan fingerprint density at radius 2 is 1.14 bits per heavy atom. The fourth-order valence-corrected chi connectivity index (χ4v) is 6.80. The van der Waals surface area contributed by atoms with Crippen molar-refractivity contribution < 1.29 is 24.2 Å². The first-order valence-electron chi connectivity index (χ1n) is 18.7. The van der Waals surface area contributed by atoms with Crippen LogP contribution in [0.15, 0.2) is 189 Å². The lowest BCUT2D eigenvalue weighted by Crippen LogP contribution is -2.12. The number of phenolic OH excluding ortho intramolecular Hbond substituents is 2. The first-order valence-corrected chi connectivity index (χ1v) is 18.7. The van der Waals surface area contributed by atoms with Gasteiger partial charge in [-0.05, 0) is 77.0 Å². The van der Waals surface area contributed by atoms with E-state index >= 15 is 0 Å². The van der Waals surface area contributed by atoms with Gasteiger partial charge in [0, 0.05) is 34.5 Å². The van der Waals surface area contributed by atoms with E-state index in [1.165, 1.54) is 0 Å². The highest BCUT2D eigenvalue weighted by Crippen LogP contribution is 2.42. The number of carbonyl (C=O) groups excluding carboxylic acids is 2. The Morgan fingerprint density at radius 1 is 0.576 bits per heavy atom. The van der Waals surface area contributed by atoms with Gasteiger partial charge in [0.15, 0.2) is 22.9 Å². The van der Waals surface area contributed by atoms with Crippen LogP contribution >= 0.6 is 0 Å². The molecule has 0 saturated carbocycles. The second-order valence-corrected chi connectivity index (χ2v) is 13.7. The van der Waals surface area contributed by atoms with Crippen molar-refractivity contribution in [1.29, 1.82) is 0 Å². The fourth-order valence-electron chi connectivity index (χ4n) is 6.80. The Morgan fingerprint density at radius 3 is 1.81 bits per heavy atom. The predicted octanol–water partition coefficient (Wildman–Crippen LogP) is 12.7. The second-order valence-electron chi connectivity index (χ2n) is 13.7. The van der Waals surface area contributed by atoms with Gasteiger partial charge in [0.1, 0.15) is 16.9 Å². The number of rotatable bonds is 10. The third-order valence-electron chi connectivity index (χ3n) is 9.79. The van der Waals surface area contributed by atoms with Crippen LogP contribution in [0.2, 0.25) is 0 Å². The monoisotopic (exact) mass is 772 g/mol. The van der Waals surface area contributed by atoms with E-state index in [1.807, 2.05) is 97.1 Å². The highest BCUT2D eigenvalue weighted by atomic mass is 16.3. The van der Waals surface area contributed by atoms with Crippen LogP contribution in [-0.4, -0.2) is 26.9 Å². The molecule has 3 N–H and O–H groups in total. The molecule has 11 nitrogen and oxygen atoms in total. The third-order valence-corrected chi connectivity index (χ3v) is 9.79. The summed E-state index contributed by atoms with van der Waals surface area (Å²) in [5.74, 6) is -0.850. The first-order chi connectivity index (χ1) is 28.9. The van der Waals surface area contributed by atoms with Gasteiger partial charge < -0.3 is 19.9 Å². The summed E-state index contributed by atoms with van der Waals surface area (Å²) < 4.78 is 6.13. The number of fused-ring (bicyclic) bond motifs is 3. The van der Waals surface area contributed by atoms with Gasteiger partial charge in [-0.25, -0.2) is 4.98 Å². The molecule has 0 atom stereocenters. The van der Waals surface area contributed by atoms with Crippen LogP contribution in [0.3, 0.4) is 0 Å². The normalized spacial score (nSPS) is 11.6. The van der Waals surface area contributed by atoms with E-state index in [2.05, 4.69) is 30.8 Å². The third kappa shape index (κ3) is 7.51. The number of nitrogens with one attached hydrogen (secondary N) is 1. The molecule has 9 rings (SSSR count). The number of Topliss-reactive ketones (excluding diaryl/α,β-unsaturated/α-hetero) is 1. The molecule has 0 radical (unpaired) electrons. The maximum atomic E-state index is 13.3. The minimum Gasteiger partial charge on any atom is -0.505 e. The number of amides is 1. The number of anilines is 1. The highest BCUT2D eigenvalue weighted by Gasteiger charge is 2.20. The molecule has 284 valence electrons. The van der Waals surface area contributed by atoms with Crippen LogP contribution in [0.25, 0.3) is 44.1 Å². The minimum atomic E-state index is -0.473. The largest absolute Gasteiger partial charge is 0.505 e. The molecule has 0 bridgehead atoms. The second kappa shape index (κ2) is 15.7. The molecule has 0 saturated heterocycles. The summed E-state index contributed by atoms with van der Waals surface area (Å²) >= 11 is 0. The summed E-state index contributed by atoms with van der Waals surface area (Å²) in [4.78, 5) is 31.2. The molecule has 0 aliphatic heterocycles. The van der Waals surface area contributed by atoms with Crippen LogP contribution in [0.4, 0.5) is 28.4 Å². The Bertz CT molecular complexity index is 3110. The van der Waals surface area contributed by atoms with Gasteiger partial charge in [-0.15, -0.1) is 10.2 Å². The molecule has 11 heteroatoms. The molecule has 9 aromatic rings. The fraction of sp³-hybridized carbons (Fsp3) is 0.0208. The number of hydrogen-bond donors (Lipinski definition) is 3. The molecule has 59 heavy (non-hydrogen) atoms. The zero-order chi connectivity index (χ0) is 40.3. The molecule has 1 heterocycles. The number of aromatic nitrogens is 1. The van der Waals surface area contributed by atoms with Crippen molar-refractivity contribution in [2.24, 2.45) is 20.5 Å². The van der Waals surface area contributed by atoms with Crippen molar-refractivity contribution in [1.82, 2.24) is 4.98 Å². The summed E-state index contributed by atoms with van der Waals surface area (Å²) in [5, 5.41) is 45.8. The topological polar surface area (TPSA) is 162 Å². The molecule has 1 amide bonds. The van der Waals surface area contributed by atoms with Gasteiger partial charge in [0.05, 0.1) is 22.5 Å². The van der Waals surface area contributed by atoms with Gasteiger partial charge in [-0.1, -0.05) is 97.1 Å². The summed E-state index contributed by atoms with van der Waals surface area (Å²) in [6, 6.07) is 48.7. The van der Waals surface area contributed by atoms with Crippen molar-refractivity contribution in [2.45, 2.75) is 6.42 Å². The number of oxazole rings is 1. The maximum Gasteiger partial charge on any atom is 0.259 e. The van der Waals surface area contributed by atoms with E-state index in [1.54, 1.807) is 66.7 Å². The van der Waals surface area contributed by atoms with Crippen molar-refractivity contribution in [2.75, 3.05) is 5.32 Å². The van der Waals surface area contributed by atoms with Crippen LogP contribution in [0.1, 0.15) is 26.3 Å². The Labute approximate surface area is 336 Å². The number of para-hydroxylation sites is 1. The number of ketones is 1. The molecule has 8 aromatic carbocycles. The smallest absolute Gasteiger partial charge is 0.259 e. The predicted molar refractivity (Wildman–Crippen MR) is 228 cm³/mol. The standard InChI is InChI=1S/C48H32N6O5/c55-41(25-29-11-3-1-4-12-29)38-26-31-13-7-9-17-36(31)43(45(38)56)54-52-35-23-24-40-42(28-35)59-48(50-40)30-19-21-34(22-20-30)51-53-44-37-18-10-8-14-32(37)27-39(46(44)57)47(58)49-33-15-5-2-6-16-33/h1-24,26-28,56-57H,25H2,(H,49,58). The number of benzene rings is 8. The van der Waals surface area contributed by atoms with E-state index in [0.717, 1.165) is 16.3 Å². The Balaban J connectivity index is 0.956. The summed E-state index contributed by atoms with van der Waals surface area (Å²) in [6.07, 6.45) is 0.133. The van der Waals surface area contributed by atoms with Crippen LogP contribution in [0.5, 0.6) is 11.5 Å². The van der Waals surface area contributed by atoms with E-state index in [9.17, 15) is 19.8 Å². The lowest BCUT2D eigenvalue weighted by atomic mass is 9.97. The molecule has 0 spiro atoms. The highest BCUT2D eigenvalue weighted by molar-refractivity contribution is 6.12. The number of carbonyl (C=O) groups is 2. The molecular weight excluding hydrogens is 741 g/mol. The van der Waals surface area contributed by atoms with Gasteiger partial charge >= 0.3 is 0 Å². The molecule has 0 aliphatic carbocycles. The van der Waals surface area contributed by atoms with E-state index in [4.69, 9.17) is 4.42 Å². The Kier molecular flexibility index (Phi) is 9.65. The lowest BCUT2D eigenvalue weighted by Gasteiger charge is -2.11. The van der Waals surface area contributed by atoms with Gasteiger partial charge in [-0.3, -0.25) is 9.59 Å². The zero-order valence-electron chi connectivity index (χ0n) is 31.2. The van der Waals surface area contributed by atoms with Crippen molar-refractivity contribution in [3.8, 4) is 23.0 Å². The molecule has 1 aromatic heterocycles. The zero-order valence-corrected chi connectivity index (χ0v) is 31.2. The number of nitrogens with zero attached hydrogens (tertiary/aromatic N) is 5. The first kappa shape index (κ1) is 36.3. The summed E-state index contributed by atoms with van der Waals surface area (Å²) in [7, 11) is 0. The number of aromatic hydroxyl groups is 2. The van der Waals surface area contributed by atoms with Crippen molar-refractivity contribution in [3.63, 3.8) is 0 Å². The number of phenols is 2. The van der Waals surface area contributed by atoms with Crippen molar-refractivity contribution >= 4 is 72.8 Å². The van der Waals surface area contributed by atoms with Gasteiger partial charge in [0.25, 0.3) is 5.91 Å². The van der Waals surface area contributed by atoms with E-state index in [-0.39, 0.29) is 46.2 Å². The van der Waals surface area contributed by atoms with Gasteiger partial charge in [-0.2, -0.15) is 10.2 Å². The van der Waals surface area contributed by atoms with Crippen LogP contribution < -0.4 is 5.32 Å². The molecule has 0 aliphatic rings. The Hall–Kier alpha value is -8.31. The van der Waals surface area contributed by atoms with Gasteiger partial charge in [0.2, 0.25) is 5.89 Å². The molecule has 0 unspecified atom stereocenters. The maximum absolute atomic E-state index is 13.3. The molecular formula is C48H32N6O5. The number of hydrogen-bond acceptors (Lipinski definition) is 10.